The summed E-state index contributed by atoms with van der Waals surface area (Å²) in [4.78, 5) is 17.7. The third kappa shape index (κ3) is 2.70. The van der Waals surface area contributed by atoms with Crippen LogP contribution in [0.1, 0.15) is 5.69 Å². The number of piperazine rings is 1. The summed E-state index contributed by atoms with van der Waals surface area (Å²) >= 11 is 6.54. The summed E-state index contributed by atoms with van der Waals surface area (Å²) in [5, 5.41) is 3.08. The van der Waals surface area contributed by atoms with Gasteiger partial charge in [-0.15, -0.1) is 11.3 Å². The maximum Gasteiger partial charge on any atom is 0.185 e. The summed E-state index contributed by atoms with van der Waals surface area (Å²) in [6.45, 7) is 3.68. The van der Waals surface area contributed by atoms with Gasteiger partial charge < -0.3 is 15.5 Å². The molecule has 0 saturated carbocycles. The van der Waals surface area contributed by atoms with Crippen molar-refractivity contribution in [3.8, 4) is 0 Å². The quantitative estimate of drug-likeness (QED) is 0.845. The lowest BCUT2D eigenvalue weighted by Crippen LogP contribution is -2.46. The minimum absolute atomic E-state index is 0.276. The molecule has 0 aliphatic carbocycles. The summed E-state index contributed by atoms with van der Waals surface area (Å²) < 4.78 is 0. The predicted molar refractivity (Wildman–Crippen MR) is 84.5 cm³/mol. The van der Waals surface area contributed by atoms with Crippen molar-refractivity contribution in [2.45, 2.75) is 0 Å². The number of hydrogen-bond donors (Lipinski definition) is 1. The Hall–Kier alpha value is -1.80. The zero-order chi connectivity index (χ0) is 13.9. The van der Waals surface area contributed by atoms with Crippen LogP contribution in [0.3, 0.4) is 0 Å². The van der Waals surface area contributed by atoms with Crippen LogP contribution in [-0.4, -0.2) is 46.1 Å². The highest BCUT2D eigenvalue weighted by atomic mass is 32.1. The molecular weight excluding hydrogens is 292 g/mol. The van der Waals surface area contributed by atoms with Gasteiger partial charge in [0.15, 0.2) is 5.13 Å². The number of nitrogens with zero attached hydrogens (tertiary/aromatic N) is 5. The van der Waals surface area contributed by atoms with Crippen molar-refractivity contribution in [1.29, 1.82) is 0 Å². The van der Waals surface area contributed by atoms with E-state index in [-0.39, 0.29) is 4.99 Å². The van der Waals surface area contributed by atoms with Gasteiger partial charge in [0.2, 0.25) is 0 Å². The molecule has 1 aliphatic heterocycles. The smallest absolute Gasteiger partial charge is 0.185 e. The van der Waals surface area contributed by atoms with Crippen LogP contribution in [0.2, 0.25) is 0 Å². The van der Waals surface area contributed by atoms with E-state index >= 15 is 0 Å². The highest BCUT2D eigenvalue weighted by molar-refractivity contribution is 7.80. The Balaban J connectivity index is 1.64. The first-order valence-electron chi connectivity index (χ1n) is 6.25. The number of nitrogens with two attached hydrogens (primary N) is 1. The lowest BCUT2D eigenvalue weighted by atomic mass is 10.3. The van der Waals surface area contributed by atoms with Crippen molar-refractivity contribution in [1.82, 2.24) is 15.0 Å². The maximum atomic E-state index is 5.52. The Morgan fingerprint density at radius 2 is 1.85 bits per heavy atom. The average molecular weight is 306 g/mol. The second kappa shape index (κ2) is 5.68. The second-order valence-corrected chi connectivity index (χ2v) is 5.73. The maximum absolute atomic E-state index is 5.52. The van der Waals surface area contributed by atoms with Gasteiger partial charge >= 0.3 is 0 Å². The number of aromatic nitrogens is 3. The van der Waals surface area contributed by atoms with E-state index in [2.05, 4.69) is 24.8 Å². The van der Waals surface area contributed by atoms with Crippen LogP contribution in [0.4, 0.5) is 10.9 Å². The summed E-state index contributed by atoms with van der Waals surface area (Å²) in [5.74, 6) is 0.865. The Kier molecular flexibility index (Phi) is 3.75. The molecule has 2 aromatic heterocycles. The molecular formula is C12H14N6S2. The van der Waals surface area contributed by atoms with Crippen LogP contribution in [0.15, 0.2) is 24.0 Å². The summed E-state index contributed by atoms with van der Waals surface area (Å²) in [6, 6.07) is 0. The highest BCUT2D eigenvalue weighted by Crippen LogP contribution is 2.20. The lowest BCUT2D eigenvalue weighted by Gasteiger charge is -2.35. The molecule has 0 aromatic carbocycles. The number of hydrogen-bond acceptors (Lipinski definition) is 7. The van der Waals surface area contributed by atoms with E-state index in [1.54, 1.807) is 23.7 Å². The Morgan fingerprint density at radius 1 is 1.10 bits per heavy atom. The number of thiazole rings is 1. The first-order valence-corrected chi connectivity index (χ1v) is 7.54. The van der Waals surface area contributed by atoms with Gasteiger partial charge in [-0.25, -0.2) is 15.0 Å². The van der Waals surface area contributed by atoms with E-state index in [0.717, 1.165) is 37.1 Å². The van der Waals surface area contributed by atoms with E-state index < -0.39 is 0 Å². The second-order valence-electron chi connectivity index (χ2n) is 4.41. The first kappa shape index (κ1) is 13.2. The van der Waals surface area contributed by atoms with Gasteiger partial charge in [-0.1, -0.05) is 12.2 Å². The Bertz CT molecular complexity index is 575. The molecule has 8 heteroatoms. The van der Waals surface area contributed by atoms with Crippen molar-refractivity contribution >= 4 is 39.5 Å². The SMILES string of the molecule is NC(=S)c1cnc(N2CCN(c3nccs3)CC2)cn1. The molecule has 1 aliphatic rings. The normalized spacial score (nSPS) is 15.4. The van der Waals surface area contributed by atoms with Crippen molar-refractivity contribution in [3.63, 3.8) is 0 Å². The van der Waals surface area contributed by atoms with Gasteiger partial charge in [-0.3, -0.25) is 0 Å². The molecule has 2 N–H and O–H groups in total. The van der Waals surface area contributed by atoms with Crippen LogP contribution in [0, 0.1) is 0 Å². The van der Waals surface area contributed by atoms with E-state index in [0.29, 0.717) is 5.69 Å². The zero-order valence-electron chi connectivity index (χ0n) is 10.8. The number of anilines is 2. The van der Waals surface area contributed by atoms with E-state index in [4.69, 9.17) is 18.0 Å². The van der Waals surface area contributed by atoms with Crippen molar-refractivity contribution in [3.05, 3.63) is 29.7 Å². The highest BCUT2D eigenvalue weighted by Gasteiger charge is 2.19. The minimum Gasteiger partial charge on any atom is -0.388 e. The zero-order valence-corrected chi connectivity index (χ0v) is 12.4. The summed E-state index contributed by atoms with van der Waals surface area (Å²) in [7, 11) is 0. The molecule has 0 amide bonds. The number of rotatable bonds is 3. The third-order valence-corrected chi connectivity index (χ3v) is 4.23. The first-order chi connectivity index (χ1) is 9.74. The minimum atomic E-state index is 0.276. The Labute approximate surface area is 126 Å². The van der Waals surface area contributed by atoms with Gasteiger partial charge in [0, 0.05) is 37.8 Å². The molecule has 0 bridgehead atoms. The molecule has 3 rings (SSSR count). The largest absolute Gasteiger partial charge is 0.388 e. The molecule has 3 heterocycles. The van der Waals surface area contributed by atoms with Crippen molar-refractivity contribution < 1.29 is 0 Å². The number of thiocarbonyl (C=S) groups is 1. The van der Waals surface area contributed by atoms with Gasteiger partial charge in [-0.2, -0.15) is 0 Å². The predicted octanol–water partition coefficient (Wildman–Crippen LogP) is 0.894. The van der Waals surface area contributed by atoms with Gasteiger partial charge in [0.25, 0.3) is 0 Å². The molecule has 6 nitrogen and oxygen atoms in total. The van der Waals surface area contributed by atoms with Gasteiger partial charge in [0.1, 0.15) is 16.5 Å². The van der Waals surface area contributed by atoms with E-state index in [1.807, 2.05) is 11.6 Å². The standard InChI is InChI=1S/C12H14N6S2/c13-11(19)9-7-16-10(8-15-9)17-2-4-18(5-3-17)12-14-1-6-20-12/h1,6-8H,2-5H2,(H2,13,19). The summed E-state index contributed by atoms with van der Waals surface area (Å²) in [5.41, 5.74) is 6.08. The summed E-state index contributed by atoms with van der Waals surface area (Å²) in [6.07, 6.45) is 5.20. The topological polar surface area (TPSA) is 71.2 Å². The van der Waals surface area contributed by atoms with E-state index in [9.17, 15) is 0 Å². The molecule has 104 valence electrons. The van der Waals surface area contributed by atoms with E-state index in [1.165, 1.54) is 0 Å². The lowest BCUT2D eigenvalue weighted by molar-refractivity contribution is 0.645. The van der Waals surface area contributed by atoms with Crippen molar-refractivity contribution in [2.24, 2.45) is 5.73 Å². The Morgan fingerprint density at radius 3 is 2.40 bits per heavy atom. The van der Waals surface area contributed by atoms with Crippen LogP contribution in [0.5, 0.6) is 0 Å². The van der Waals surface area contributed by atoms with Gasteiger partial charge in [0.05, 0.1) is 12.4 Å². The van der Waals surface area contributed by atoms with Crippen LogP contribution in [0.25, 0.3) is 0 Å². The molecule has 0 atom stereocenters. The molecule has 0 radical (unpaired) electrons. The fraction of sp³-hybridized carbons (Fsp3) is 0.333. The average Bonchev–Trinajstić information content (AvgIpc) is 3.02. The molecule has 1 saturated heterocycles. The third-order valence-electron chi connectivity index (χ3n) is 3.18. The van der Waals surface area contributed by atoms with Crippen LogP contribution >= 0.6 is 23.6 Å². The van der Waals surface area contributed by atoms with Gasteiger partial charge in [-0.05, 0) is 0 Å². The van der Waals surface area contributed by atoms with Crippen molar-refractivity contribution in [2.75, 3.05) is 36.0 Å². The molecule has 0 unspecified atom stereocenters. The fourth-order valence-corrected chi connectivity index (χ4v) is 2.91. The molecule has 20 heavy (non-hydrogen) atoms. The molecule has 0 spiro atoms. The fourth-order valence-electron chi connectivity index (χ4n) is 2.11. The molecule has 2 aromatic rings. The van der Waals surface area contributed by atoms with Crippen LogP contribution in [-0.2, 0) is 0 Å². The van der Waals surface area contributed by atoms with Crippen LogP contribution < -0.4 is 15.5 Å². The molecule has 1 fully saturated rings. The monoisotopic (exact) mass is 306 g/mol.